The average molecular weight is 359 g/mol. The summed E-state index contributed by atoms with van der Waals surface area (Å²) in [7, 11) is 0. The zero-order valence-corrected chi connectivity index (χ0v) is 14.9. The number of likely N-dealkylation sites (tertiary alicyclic amines) is 1. The highest BCUT2D eigenvalue weighted by atomic mass is 35.5. The van der Waals surface area contributed by atoms with Gasteiger partial charge in [-0.05, 0) is 49.9 Å². The molecule has 1 fully saturated rings. The van der Waals surface area contributed by atoms with Crippen molar-refractivity contribution in [3.63, 3.8) is 0 Å². The summed E-state index contributed by atoms with van der Waals surface area (Å²) in [5.41, 5.74) is 6.54. The molecule has 6 heteroatoms. The van der Waals surface area contributed by atoms with Gasteiger partial charge in [0.1, 0.15) is 0 Å². The van der Waals surface area contributed by atoms with Gasteiger partial charge in [0.2, 0.25) is 5.91 Å². The second-order valence-electron chi connectivity index (χ2n) is 6.03. The van der Waals surface area contributed by atoms with Crippen LogP contribution in [0.25, 0.3) is 0 Å². The molecule has 1 aliphatic heterocycles. The maximum atomic E-state index is 12.3. The van der Waals surface area contributed by atoms with Crippen molar-refractivity contribution in [2.24, 2.45) is 11.7 Å². The minimum atomic E-state index is -0.0224. The third-order valence-electron chi connectivity index (χ3n) is 4.29. The maximum Gasteiger partial charge on any atom is 0.223 e. The monoisotopic (exact) mass is 358 g/mol. The molecule has 0 aliphatic carbocycles. The lowest BCUT2D eigenvalue weighted by Gasteiger charge is -2.34. The zero-order chi connectivity index (χ0) is 16.1. The summed E-state index contributed by atoms with van der Waals surface area (Å²) in [4.78, 5) is 26.2. The number of carbonyl (C=O) groups excluding carboxylic acids is 2. The van der Waals surface area contributed by atoms with Crippen molar-refractivity contribution >= 4 is 35.7 Å². The SMILES string of the molecule is CC(N)C1CCCN(C(=O)CCC(=O)c2ccc(Cl)cc2)C1.Cl. The van der Waals surface area contributed by atoms with Crippen molar-refractivity contribution in [1.29, 1.82) is 0 Å². The van der Waals surface area contributed by atoms with Crippen LogP contribution in [0.3, 0.4) is 0 Å². The van der Waals surface area contributed by atoms with E-state index in [1.165, 1.54) is 0 Å². The highest BCUT2D eigenvalue weighted by Crippen LogP contribution is 2.20. The molecule has 128 valence electrons. The molecule has 2 atom stereocenters. The van der Waals surface area contributed by atoms with Gasteiger partial charge in [-0.3, -0.25) is 9.59 Å². The van der Waals surface area contributed by atoms with Gasteiger partial charge in [-0.25, -0.2) is 0 Å². The van der Waals surface area contributed by atoms with Gasteiger partial charge in [-0.15, -0.1) is 12.4 Å². The minimum Gasteiger partial charge on any atom is -0.342 e. The molecule has 0 spiro atoms. The zero-order valence-electron chi connectivity index (χ0n) is 13.3. The van der Waals surface area contributed by atoms with Crippen LogP contribution in [0.1, 0.15) is 43.0 Å². The number of hydrogen-bond donors (Lipinski definition) is 1. The predicted molar refractivity (Wildman–Crippen MR) is 95.2 cm³/mol. The van der Waals surface area contributed by atoms with Gasteiger partial charge < -0.3 is 10.6 Å². The molecular formula is C17H24Cl2N2O2. The lowest BCUT2D eigenvalue weighted by Crippen LogP contribution is -2.45. The summed E-state index contributed by atoms with van der Waals surface area (Å²) in [6, 6.07) is 6.87. The first kappa shape index (κ1) is 19.9. The number of amides is 1. The molecule has 1 aliphatic rings. The molecule has 2 N–H and O–H groups in total. The van der Waals surface area contributed by atoms with Crippen LogP contribution in [-0.2, 0) is 4.79 Å². The molecule has 2 unspecified atom stereocenters. The molecule has 0 bridgehead atoms. The fourth-order valence-electron chi connectivity index (χ4n) is 2.82. The number of ketones is 1. The molecular weight excluding hydrogens is 335 g/mol. The Morgan fingerprint density at radius 1 is 1.30 bits per heavy atom. The Balaban J connectivity index is 0.00000264. The number of nitrogens with zero attached hydrogens (tertiary/aromatic N) is 1. The van der Waals surface area contributed by atoms with Gasteiger partial charge in [0.25, 0.3) is 0 Å². The topological polar surface area (TPSA) is 63.4 Å². The molecule has 2 rings (SSSR count). The predicted octanol–water partition coefficient (Wildman–Crippen LogP) is 3.31. The van der Waals surface area contributed by atoms with Crippen LogP contribution in [0, 0.1) is 5.92 Å². The number of halogens is 2. The molecule has 1 aromatic carbocycles. The van der Waals surface area contributed by atoms with Gasteiger partial charge in [-0.1, -0.05) is 11.6 Å². The Bertz CT molecular complexity index is 532. The van der Waals surface area contributed by atoms with E-state index in [0.717, 1.165) is 19.4 Å². The van der Waals surface area contributed by atoms with Crippen LogP contribution in [0.5, 0.6) is 0 Å². The van der Waals surface area contributed by atoms with E-state index in [2.05, 4.69) is 0 Å². The molecule has 1 aromatic rings. The largest absolute Gasteiger partial charge is 0.342 e. The lowest BCUT2D eigenvalue weighted by molar-refractivity contribution is -0.133. The standard InChI is InChI=1S/C17H23ClN2O2.ClH/c1-12(19)14-3-2-10-20(11-14)17(22)9-8-16(21)13-4-6-15(18)7-5-13;/h4-7,12,14H,2-3,8-11,19H2,1H3;1H. The summed E-state index contributed by atoms with van der Waals surface area (Å²) in [5.74, 6) is 0.392. The Morgan fingerprint density at radius 3 is 2.57 bits per heavy atom. The summed E-state index contributed by atoms with van der Waals surface area (Å²) in [6.45, 7) is 3.48. The van der Waals surface area contributed by atoms with Crippen molar-refractivity contribution in [3.05, 3.63) is 34.9 Å². The molecule has 4 nitrogen and oxygen atoms in total. The van der Waals surface area contributed by atoms with Crippen molar-refractivity contribution in [3.8, 4) is 0 Å². The maximum absolute atomic E-state index is 12.3. The van der Waals surface area contributed by atoms with E-state index >= 15 is 0 Å². The Hall–Kier alpha value is -1.10. The molecule has 23 heavy (non-hydrogen) atoms. The van der Waals surface area contributed by atoms with Crippen LogP contribution in [0.4, 0.5) is 0 Å². The smallest absolute Gasteiger partial charge is 0.223 e. The Kier molecular flexibility index (Phi) is 8.03. The normalized spacial score (nSPS) is 18.9. The van der Waals surface area contributed by atoms with Crippen molar-refractivity contribution in [2.75, 3.05) is 13.1 Å². The van der Waals surface area contributed by atoms with E-state index in [-0.39, 0.29) is 43.0 Å². The number of rotatable bonds is 5. The summed E-state index contributed by atoms with van der Waals surface area (Å²) in [5, 5.41) is 0.600. The van der Waals surface area contributed by atoms with Gasteiger partial charge in [0, 0.05) is 42.6 Å². The van der Waals surface area contributed by atoms with Gasteiger partial charge in [0.15, 0.2) is 5.78 Å². The number of hydrogen-bond acceptors (Lipinski definition) is 3. The van der Waals surface area contributed by atoms with Gasteiger partial charge >= 0.3 is 0 Å². The fourth-order valence-corrected chi connectivity index (χ4v) is 2.95. The minimum absolute atomic E-state index is 0. The number of Topliss-reactive ketones (excluding diaryl/α,β-unsaturated/α-hetero) is 1. The first-order chi connectivity index (χ1) is 10.5. The van der Waals surface area contributed by atoms with E-state index in [4.69, 9.17) is 17.3 Å². The summed E-state index contributed by atoms with van der Waals surface area (Å²) < 4.78 is 0. The van der Waals surface area contributed by atoms with Crippen LogP contribution in [-0.4, -0.2) is 35.7 Å². The second-order valence-corrected chi connectivity index (χ2v) is 6.47. The second kappa shape index (κ2) is 9.26. The van der Waals surface area contributed by atoms with Crippen molar-refractivity contribution in [2.45, 2.75) is 38.6 Å². The van der Waals surface area contributed by atoms with Crippen molar-refractivity contribution < 1.29 is 9.59 Å². The lowest BCUT2D eigenvalue weighted by atomic mass is 9.92. The molecule has 0 saturated carbocycles. The molecule has 0 aromatic heterocycles. The third-order valence-corrected chi connectivity index (χ3v) is 4.54. The highest BCUT2D eigenvalue weighted by Gasteiger charge is 2.25. The third kappa shape index (κ3) is 5.79. The number of nitrogens with two attached hydrogens (primary N) is 1. The van der Waals surface area contributed by atoms with E-state index < -0.39 is 0 Å². The molecule has 1 saturated heterocycles. The van der Waals surface area contributed by atoms with Gasteiger partial charge in [-0.2, -0.15) is 0 Å². The van der Waals surface area contributed by atoms with E-state index in [1.807, 2.05) is 11.8 Å². The average Bonchev–Trinajstić information content (AvgIpc) is 2.53. The number of benzene rings is 1. The number of piperidine rings is 1. The van der Waals surface area contributed by atoms with Crippen LogP contribution >= 0.6 is 24.0 Å². The first-order valence-corrected chi connectivity index (χ1v) is 8.17. The van der Waals surface area contributed by atoms with E-state index in [1.54, 1.807) is 24.3 Å². The fraction of sp³-hybridized carbons (Fsp3) is 0.529. The van der Waals surface area contributed by atoms with E-state index in [0.29, 0.717) is 23.0 Å². The number of carbonyl (C=O) groups is 2. The summed E-state index contributed by atoms with van der Waals surface area (Å²) >= 11 is 5.80. The summed E-state index contributed by atoms with van der Waals surface area (Å²) in [6.07, 6.45) is 2.56. The molecule has 0 radical (unpaired) electrons. The highest BCUT2D eigenvalue weighted by molar-refractivity contribution is 6.30. The Labute approximate surface area is 148 Å². The van der Waals surface area contributed by atoms with Crippen LogP contribution in [0.15, 0.2) is 24.3 Å². The van der Waals surface area contributed by atoms with Crippen LogP contribution in [0.2, 0.25) is 5.02 Å². The van der Waals surface area contributed by atoms with Crippen molar-refractivity contribution in [1.82, 2.24) is 4.90 Å². The quantitative estimate of drug-likeness (QED) is 0.821. The van der Waals surface area contributed by atoms with Gasteiger partial charge in [0.05, 0.1) is 0 Å². The molecule has 1 amide bonds. The molecule has 1 heterocycles. The van der Waals surface area contributed by atoms with E-state index in [9.17, 15) is 9.59 Å². The first-order valence-electron chi connectivity index (χ1n) is 7.79. The van der Waals surface area contributed by atoms with Crippen LogP contribution < -0.4 is 5.73 Å². The Morgan fingerprint density at radius 2 is 1.96 bits per heavy atom.